The Morgan fingerprint density at radius 3 is 2.70 bits per heavy atom. The van der Waals surface area contributed by atoms with E-state index in [1.54, 1.807) is 25.3 Å². The number of benzene rings is 2. The van der Waals surface area contributed by atoms with Gasteiger partial charge in [-0.2, -0.15) is 5.10 Å². The molecule has 2 amide bonds. The summed E-state index contributed by atoms with van der Waals surface area (Å²) in [5.41, 5.74) is 3.24. The van der Waals surface area contributed by atoms with Gasteiger partial charge in [0.05, 0.1) is 13.7 Å². The summed E-state index contributed by atoms with van der Waals surface area (Å²) < 4.78 is 7.10. The van der Waals surface area contributed by atoms with Gasteiger partial charge < -0.3 is 15.0 Å². The Bertz CT molecular complexity index is 877. The van der Waals surface area contributed by atoms with Gasteiger partial charge in [0, 0.05) is 32.5 Å². The van der Waals surface area contributed by atoms with Crippen molar-refractivity contribution in [3.05, 3.63) is 83.7 Å². The van der Waals surface area contributed by atoms with Gasteiger partial charge in [-0.15, -0.1) is 0 Å². The zero-order valence-electron chi connectivity index (χ0n) is 15.6. The number of carbonyl (C=O) groups excluding carboxylic acids is 1. The van der Waals surface area contributed by atoms with Gasteiger partial charge in [0.1, 0.15) is 5.75 Å². The smallest absolute Gasteiger partial charge is 0.317 e. The van der Waals surface area contributed by atoms with Crippen molar-refractivity contribution in [2.75, 3.05) is 14.2 Å². The molecule has 0 atom stereocenters. The first-order valence-corrected chi connectivity index (χ1v) is 8.82. The molecule has 0 bridgehead atoms. The lowest BCUT2D eigenvalue weighted by molar-refractivity contribution is 0.206. The summed E-state index contributed by atoms with van der Waals surface area (Å²) >= 11 is 0. The molecule has 1 aromatic heterocycles. The lowest BCUT2D eigenvalue weighted by Gasteiger charge is -2.19. The normalized spacial score (nSPS) is 10.4. The fraction of sp³-hybridized carbons (Fsp3) is 0.238. The van der Waals surface area contributed by atoms with E-state index in [0.717, 1.165) is 22.4 Å². The Morgan fingerprint density at radius 2 is 1.96 bits per heavy atom. The molecule has 1 N–H and O–H groups in total. The highest BCUT2D eigenvalue weighted by Crippen LogP contribution is 2.14. The maximum Gasteiger partial charge on any atom is 0.317 e. The highest BCUT2D eigenvalue weighted by molar-refractivity contribution is 5.73. The molecular formula is C21H24N4O2. The van der Waals surface area contributed by atoms with E-state index in [2.05, 4.69) is 16.5 Å². The molecule has 0 aliphatic rings. The largest absolute Gasteiger partial charge is 0.497 e. The number of nitrogens with zero attached hydrogens (tertiary/aromatic N) is 3. The molecule has 0 saturated heterocycles. The van der Waals surface area contributed by atoms with Crippen LogP contribution in [-0.2, 0) is 19.6 Å². The fourth-order valence-corrected chi connectivity index (χ4v) is 2.87. The highest BCUT2D eigenvalue weighted by atomic mass is 16.5. The predicted octanol–water partition coefficient (Wildman–Crippen LogP) is 3.28. The SMILES string of the molecule is COc1cccc(CN(C)C(=O)NCc2ccccc2Cn2cccn2)c1. The van der Waals surface area contributed by atoms with E-state index in [-0.39, 0.29) is 6.03 Å². The van der Waals surface area contributed by atoms with Crippen molar-refractivity contribution in [3.8, 4) is 5.75 Å². The molecule has 0 radical (unpaired) electrons. The molecule has 0 spiro atoms. The average Bonchev–Trinajstić information content (AvgIpc) is 3.20. The van der Waals surface area contributed by atoms with E-state index in [1.807, 2.05) is 59.4 Å². The maximum atomic E-state index is 12.5. The van der Waals surface area contributed by atoms with Crippen LogP contribution in [0.25, 0.3) is 0 Å². The molecule has 0 saturated carbocycles. The van der Waals surface area contributed by atoms with E-state index >= 15 is 0 Å². The van der Waals surface area contributed by atoms with E-state index in [1.165, 1.54) is 0 Å². The number of ether oxygens (including phenoxy) is 1. The van der Waals surface area contributed by atoms with Crippen molar-refractivity contribution in [1.82, 2.24) is 20.0 Å². The molecule has 6 heteroatoms. The topological polar surface area (TPSA) is 59.4 Å². The Hall–Kier alpha value is -3.28. The molecule has 140 valence electrons. The van der Waals surface area contributed by atoms with Crippen LogP contribution >= 0.6 is 0 Å². The Morgan fingerprint density at radius 1 is 1.15 bits per heavy atom. The van der Waals surface area contributed by atoms with Gasteiger partial charge in [0.2, 0.25) is 0 Å². The van der Waals surface area contributed by atoms with E-state index in [4.69, 9.17) is 4.74 Å². The van der Waals surface area contributed by atoms with Gasteiger partial charge in [-0.25, -0.2) is 4.79 Å². The molecule has 2 aromatic carbocycles. The van der Waals surface area contributed by atoms with Crippen LogP contribution in [0, 0.1) is 0 Å². The maximum absolute atomic E-state index is 12.5. The number of rotatable bonds is 7. The van der Waals surface area contributed by atoms with Crippen LogP contribution in [0.3, 0.4) is 0 Å². The van der Waals surface area contributed by atoms with Crippen molar-refractivity contribution in [1.29, 1.82) is 0 Å². The average molecular weight is 364 g/mol. The van der Waals surface area contributed by atoms with E-state index < -0.39 is 0 Å². The number of methoxy groups -OCH3 is 1. The molecule has 0 aliphatic heterocycles. The van der Waals surface area contributed by atoms with E-state index in [0.29, 0.717) is 19.6 Å². The Kier molecular flexibility index (Phi) is 6.10. The van der Waals surface area contributed by atoms with Gasteiger partial charge in [0.15, 0.2) is 0 Å². The highest BCUT2D eigenvalue weighted by Gasteiger charge is 2.11. The first-order chi connectivity index (χ1) is 13.2. The summed E-state index contributed by atoms with van der Waals surface area (Å²) in [6.07, 6.45) is 3.69. The zero-order chi connectivity index (χ0) is 19.1. The number of carbonyl (C=O) groups is 1. The zero-order valence-corrected chi connectivity index (χ0v) is 15.6. The van der Waals surface area contributed by atoms with Gasteiger partial charge in [-0.1, -0.05) is 36.4 Å². The van der Waals surface area contributed by atoms with Crippen LogP contribution in [0.2, 0.25) is 0 Å². The summed E-state index contributed by atoms with van der Waals surface area (Å²) in [5.74, 6) is 0.786. The van der Waals surface area contributed by atoms with Gasteiger partial charge in [0.25, 0.3) is 0 Å². The Labute approximate surface area is 159 Å². The van der Waals surface area contributed by atoms with Crippen LogP contribution in [0.5, 0.6) is 5.75 Å². The van der Waals surface area contributed by atoms with E-state index in [9.17, 15) is 4.79 Å². The summed E-state index contributed by atoms with van der Waals surface area (Å²) in [7, 11) is 3.42. The number of hydrogen-bond donors (Lipinski definition) is 1. The van der Waals surface area contributed by atoms with Crippen LogP contribution in [-0.4, -0.2) is 34.9 Å². The summed E-state index contributed by atoms with van der Waals surface area (Å²) in [6, 6.07) is 17.6. The monoisotopic (exact) mass is 364 g/mol. The fourth-order valence-electron chi connectivity index (χ4n) is 2.87. The first-order valence-electron chi connectivity index (χ1n) is 8.82. The number of aromatic nitrogens is 2. The third kappa shape index (κ3) is 5.10. The molecule has 27 heavy (non-hydrogen) atoms. The molecule has 0 fully saturated rings. The van der Waals surface area contributed by atoms with Crippen LogP contribution in [0.15, 0.2) is 67.0 Å². The minimum atomic E-state index is -0.119. The first kappa shape index (κ1) is 18.5. The minimum Gasteiger partial charge on any atom is -0.497 e. The van der Waals surface area contributed by atoms with Crippen molar-refractivity contribution in [2.24, 2.45) is 0 Å². The standard InChI is InChI=1S/C21H24N4O2/c1-24(15-17-7-5-10-20(13-17)27-2)21(26)22-14-18-8-3-4-9-19(18)16-25-12-6-11-23-25/h3-13H,14-16H2,1-2H3,(H,22,26). The number of hydrogen-bond acceptors (Lipinski definition) is 3. The lowest BCUT2D eigenvalue weighted by atomic mass is 10.1. The van der Waals surface area contributed by atoms with Crippen LogP contribution < -0.4 is 10.1 Å². The summed E-state index contributed by atoms with van der Waals surface area (Å²) in [5, 5.41) is 7.24. The molecule has 3 rings (SSSR count). The number of nitrogens with one attached hydrogen (secondary N) is 1. The quantitative estimate of drug-likeness (QED) is 0.700. The second-order valence-corrected chi connectivity index (χ2v) is 6.34. The Balaban J connectivity index is 1.58. The molecule has 0 unspecified atom stereocenters. The second kappa shape index (κ2) is 8.89. The molecule has 1 heterocycles. The molecular weight excluding hydrogens is 340 g/mol. The second-order valence-electron chi connectivity index (χ2n) is 6.34. The predicted molar refractivity (Wildman–Crippen MR) is 104 cm³/mol. The van der Waals surface area contributed by atoms with Gasteiger partial charge in [-0.3, -0.25) is 4.68 Å². The van der Waals surface area contributed by atoms with Gasteiger partial charge in [-0.05, 0) is 34.9 Å². The molecule has 0 aliphatic carbocycles. The number of amides is 2. The molecule has 6 nitrogen and oxygen atoms in total. The summed E-state index contributed by atoms with van der Waals surface area (Å²) in [6.45, 7) is 1.66. The van der Waals surface area contributed by atoms with Crippen LogP contribution in [0.4, 0.5) is 4.79 Å². The molecule has 3 aromatic rings. The lowest BCUT2D eigenvalue weighted by Crippen LogP contribution is -2.36. The van der Waals surface area contributed by atoms with Crippen molar-refractivity contribution in [2.45, 2.75) is 19.6 Å². The van der Waals surface area contributed by atoms with Crippen molar-refractivity contribution >= 4 is 6.03 Å². The van der Waals surface area contributed by atoms with Gasteiger partial charge >= 0.3 is 6.03 Å². The van der Waals surface area contributed by atoms with Crippen molar-refractivity contribution < 1.29 is 9.53 Å². The van der Waals surface area contributed by atoms with Crippen molar-refractivity contribution in [3.63, 3.8) is 0 Å². The third-order valence-electron chi connectivity index (χ3n) is 4.34. The summed E-state index contributed by atoms with van der Waals surface area (Å²) in [4.78, 5) is 14.1. The third-order valence-corrected chi connectivity index (χ3v) is 4.34. The number of urea groups is 1. The minimum absolute atomic E-state index is 0.119. The van der Waals surface area contributed by atoms with Crippen LogP contribution in [0.1, 0.15) is 16.7 Å².